The number of anilines is 2. The van der Waals surface area contributed by atoms with Gasteiger partial charge >= 0.3 is 0 Å². The first kappa shape index (κ1) is 13.2. The number of thiophene rings is 1. The van der Waals surface area contributed by atoms with Crippen LogP contribution in [0.15, 0.2) is 6.07 Å². The number of methoxy groups -OCH3 is 1. The van der Waals surface area contributed by atoms with Gasteiger partial charge in [-0.2, -0.15) is 0 Å². The van der Waals surface area contributed by atoms with Crippen molar-refractivity contribution < 1.29 is 9.53 Å². The van der Waals surface area contributed by atoms with E-state index in [1.165, 1.54) is 24.2 Å². The first-order valence-corrected chi connectivity index (χ1v) is 6.80. The third-order valence-electron chi connectivity index (χ3n) is 3.42. The van der Waals surface area contributed by atoms with E-state index in [-0.39, 0.29) is 0 Å². The normalized spacial score (nSPS) is 16.5. The lowest BCUT2D eigenvalue weighted by Gasteiger charge is -2.15. The van der Waals surface area contributed by atoms with Crippen molar-refractivity contribution in [3.8, 4) is 0 Å². The van der Waals surface area contributed by atoms with Crippen LogP contribution in [0.5, 0.6) is 0 Å². The molecule has 5 nitrogen and oxygen atoms in total. The summed E-state index contributed by atoms with van der Waals surface area (Å²) in [6, 6.07) is 1.77. The Bertz CT molecular complexity index is 441. The number of hydrogen-bond donors (Lipinski definition) is 3. The van der Waals surface area contributed by atoms with Crippen molar-refractivity contribution in [1.82, 2.24) is 0 Å². The molecule has 0 aromatic carbocycles. The van der Waals surface area contributed by atoms with E-state index >= 15 is 0 Å². The lowest BCUT2D eigenvalue weighted by atomic mass is 10.0. The molecule has 1 aromatic rings. The first-order valence-electron chi connectivity index (χ1n) is 5.98. The molecule has 0 unspecified atom stereocenters. The molecule has 6 heteroatoms. The maximum Gasteiger partial charge on any atom is 0.260 e. The van der Waals surface area contributed by atoms with Crippen molar-refractivity contribution >= 4 is 27.9 Å². The Morgan fingerprint density at radius 1 is 1.61 bits per heavy atom. The summed E-state index contributed by atoms with van der Waals surface area (Å²) >= 11 is 1.32. The van der Waals surface area contributed by atoms with E-state index in [2.05, 4.69) is 5.32 Å². The van der Waals surface area contributed by atoms with Gasteiger partial charge in [0, 0.05) is 20.3 Å². The van der Waals surface area contributed by atoms with Gasteiger partial charge in [0.2, 0.25) is 0 Å². The van der Waals surface area contributed by atoms with Gasteiger partial charge in [-0.15, -0.1) is 11.3 Å². The predicted octanol–water partition coefficient (Wildman–Crippen LogP) is 1.66. The van der Waals surface area contributed by atoms with Gasteiger partial charge in [-0.3, -0.25) is 4.79 Å². The Hall–Kier alpha value is -1.27. The van der Waals surface area contributed by atoms with E-state index in [4.69, 9.17) is 16.2 Å². The van der Waals surface area contributed by atoms with Crippen molar-refractivity contribution in [3.63, 3.8) is 0 Å². The topological polar surface area (TPSA) is 90.4 Å². The average molecular weight is 269 g/mol. The number of nitrogens with one attached hydrogen (secondary N) is 1. The maximum atomic E-state index is 11.1. The van der Waals surface area contributed by atoms with Crippen LogP contribution in [0.3, 0.4) is 0 Å². The molecule has 5 N–H and O–H groups in total. The van der Waals surface area contributed by atoms with Crippen LogP contribution in [0.25, 0.3) is 0 Å². The van der Waals surface area contributed by atoms with Crippen LogP contribution in [0, 0.1) is 5.41 Å². The third kappa shape index (κ3) is 2.94. The number of carbonyl (C=O) groups excluding carboxylic acids is 1. The summed E-state index contributed by atoms with van der Waals surface area (Å²) < 4.78 is 5.12. The van der Waals surface area contributed by atoms with Crippen LogP contribution in [-0.4, -0.2) is 26.2 Å². The first-order chi connectivity index (χ1) is 8.56. The quantitative estimate of drug-likeness (QED) is 0.702. The van der Waals surface area contributed by atoms with E-state index in [1.54, 1.807) is 13.2 Å². The fourth-order valence-electron chi connectivity index (χ4n) is 1.97. The van der Waals surface area contributed by atoms with Crippen molar-refractivity contribution in [1.29, 1.82) is 0 Å². The van der Waals surface area contributed by atoms with Gasteiger partial charge in [0.15, 0.2) is 0 Å². The molecule has 0 saturated heterocycles. The molecular formula is C12H19N3O2S. The molecular weight excluding hydrogens is 250 g/mol. The summed E-state index contributed by atoms with van der Waals surface area (Å²) in [5.74, 6) is -0.467. The summed E-state index contributed by atoms with van der Waals surface area (Å²) in [4.78, 5) is 11.5. The summed E-state index contributed by atoms with van der Waals surface area (Å²) in [5, 5.41) is 4.26. The highest BCUT2D eigenvalue weighted by molar-refractivity contribution is 7.18. The molecule has 1 aliphatic rings. The van der Waals surface area contributed by atoms with E-state index < -0.39 is 5.91 Å². The SMILES string of the molecule is COCCC1(CNc2cc(N)c(C(N)=O)s2)CC1. The van der Waals surface area contributed by atoms with Crippen molar-refractivity contribution in [2.75, 3.05) is 31.3 Å². The Morgan fingerprint density at radius 2 is 2.33 bits per heavy atom. The summed E-state index contributed by atoms with van der Waals surface area (Å²) in [7, 11) is 1.72. The van der Waals surface area contributed by atoms with E-state index in [1.807, 2.05) is 0 Å². The van der Waals surface area contributed by atoms with Gasteiger partial charge in [-0.1, -0.05) is 0 Å². The number of nitrogen functional groups attached to an aromatic ring is 1. The Labute approximate surface area is 110 Å². The second kappa shape index (κ2) is 5.16. The van der Waals surface area contributed by atoms with Gasteiger partial charge in [0.05, 0.1) is 10.7 Å². The van der Waals surface area contributed by atoms with Crippen molar-refractivity contribution in [3.05, 3.63) is 10.9 Å². The molecule has 0 atom stereocenters. The third-order valence-corrected chi connectivity index (χ3v) is 4.54. The molecule has 0 aliphatic heterocycles. The molecule has 1 fully saturated rings. The summed E-state index contributed by atoms with van der Waals surface area (Å²) in [6.07, 6.45) is 3.53. The number of nitrogens with two attached hydrogens (primary N) is 2. The Balaban J connectivity index is 1.90. The van der Waals surface area contributed by atoms with E-state index in [9.17, 15) is 4.79 Å². The minimum atomic E-state index is -0.467. The lowest BCUT2D eigenvalue weighted by Crippen LogP contribution is -2.16. The number of hydrogen-bond acceptors (Lipinski definition) is 5. The van der Waals surface area contributed by atoms with Crippen LogP contribution in [0.1, 0.15) is 28.9 Å². The highest BCUT2D eigenvalue weighted by atomic mass is 32.1. The van der Waals surface area contributed by atoms with Crippen LogP contribution >= 0.6 is 11.3 Å². The molecule has 0 radical (unpaired) electrons. The smallest absolute Gasteiger partial charge is 0.260 e. The van der Waals surface area contributed by atoms with Gasteiger partial charge < -0.3 is 21.5 Å². The van der Waals surface area contributed by atoms with Gasteiger partial charge in [-0.25, -0.2) is 0 Å². The van der Waals surface area contributed by atoms with Crippen molar-refractivity contribution in [2.24, 2.45) is 11.1 Å². The van der Waals surface area contributed by atoms with Crippen LogP contribution in [0.2, 0.25) is 0 Å². The highest BCUT2D eigenvalue weighted by Crippen LogP contribution is 2.49. The largest absolute Gasteiger partial charge is 0.397 e. The monoisotopic (exact) mass is 269 g/mol. The average Bonchev–Trinajstić information content (AvgIpc) is 3.00. The lowest BCUT2D eigenvalue weighted by molar-refractivity contribution is 0.100. The van der Waals surface area contributed by atoms with Gasteiger partial charge in [0.25, 0.3) is 5.91 Å². The second-order valence-corrected chi connectivity index (χ2v) is 5.91. The van der Waals surface area contributed by atoms with Gasteiger partial charge in [0.1, 0.15) is 4.88 Å². The maximum absolute atomic E-state index is 11.1. The zero-order chi connectivity index (χ0) is 13.2. The minimum absolute atomic E-state index is 0.363. The minimum Gasteiger partial charge on any atom is -0.397 e. The van der Waals surface area contributed by atoms with E-state index in [0.29, 0.717) is 16.0 Å². The Morgan fingerprint density at radius 3 is 2.83 bits per heavy atom. The number of amides is 1. The van der Waals surface area contributed by atoms with Crippen LogP contribution < -0.4 is 16.8 Å². The molecule has 2 rings (SSSR count). The molecule has 1 amide bonds. The fourth-order valence-corrected chi connectivity index (χ4v) is 2.80. The van der Waals surface area contributed by atoms with Crippen LogP contribution in [-0.2, 0) is 4.74 Å². The van der Waals surface area contributed by atoms with Crippen molar-refractivity contribution in [2.45, 2.75) is 19.3 Å². The molecule has 1 heterocycles. The molecule has 18 heavy (non-hydrogen) atoms. The second-order valence-electron chi connectivity index (χ2n) is 4.86. The van der Waals surface area contributed by atoms with E-state index in [0.717, 1.165) is 24.6 Å². The number of rotatable bonds is 7. The molecule has 100 valence electrons. The molecule has 1 aliphatic carbocycles. The zero-order valence-corrected chi connectivity index (χ0v) is 11.3. The molecule has 0 spiro atoms. The standard InChI is InChI=1S/C12H19N3O2S/c1-17-5-4-12(2-3-12)7-15-9-6-8(13)10(18-9)11(14)16/h6,15H,2-5,7,13H2,1H3,(H2,14,16). The molecule has 1 saturated carbocycles. The number of ether oxygens (including phenoxy) is 1. The van der Waals surface area contributed by atoms with Gasteiger partial charge in [-0.05, 0) is 30.7 Å². The Kier molecular flexibility index (Phi) is 3.77. The predicted molar refractivity (Wildman–Crippen MR) is 73.9 cm³/mol. The number of primary amides is 1. The highest BCUT2D eigenvalue weighted by Gasteiger charge is 2.41. The fraction of sp³-hybridized carbons (Fsp3) is 0.583. The molecule has 0 bridgehead atoms. The van der Waals surface area contributed by atoms with Crippen LogP contribution in [0.4, 0.5) is 10.7 Å². The number of carbonyl (C=O) groups is 1. The summed E-state index contributed by atoms with van der Waals surface area (Å²) in [6.45, 7) is 1.69. The summed E-state index contributed by atoms with van der Waals surface area (Å²) in [5.41, 5.74) is 11.8. The zero-order valence-electron chi connectivity index (χ0n) is 10.5. The molecule has 1 aromatic heterocycles.